The minimum Gasteiger partial charge on any atom is -0.0991 e. The van der Waals surface area contributed by atoms with E-state index in [-0.39, 0.29) is 0 Å². The largest absolute Gasteiger partial charge is 0.0991 e. The van der Waals surface area contributed by atoms with Crippen LogP contribution in [-0.4, -0.2) is 0 Å². The highest BCUT2D eigenvalue weighted by Crippen LogP contribution is 1.95. The zero-order chi connectivity index (χ0) is 8.41. The summed E-state index contributed by atoms with van der Waals surface area (Å²) >= 11 is 0. The van der Waals surface area contributed by atoms with Gasteiger partial charge in [0.25, 0.3) is 0 Å². The molecule has 0 aliphatic carbocycles. The Bertz CT molecular complexity index is 88.2. The summed E-state index contributed by atoms with van der Waals surface area (Å²) in [5.74, 6) is 0. The van der Waals surface area contributed by atoms with Gasteiger partial charge >= 0.3 is 0 Å². The van der Waals surface area contributed by atoms with Crippen LogP contribution in [0.5, 0.6) is 0 Å². The highest BCUT2D eigenvalue weighted by atomic mass is 13.8. The van der Waals surface area contributed by atoms with Gasteiger partial charge in [-0.25, -0.2) is 0 Å². The van der Waals surface area contributed by atoms with Crippen LogP contribution in [0.3, 0.4) is 0 Å². The summed E-state index contributed by atoms with van der Waals surface area (Å²) in [6.07, 6.45) is 6.23. The predicted octanol–water partition coefficient (Wildman–Crippen LogP) is 3.95. The van der Waals surface area contributed by atoms with E-state index in [4.69, 9.17) is 0 Å². The SMILES string of the molecule is C=C/C=C(\C)CC.CCC. The van der Waals surface area contributed by atoms with Gasteiger partial charge in [0.2, 0.25) is 0 Å². The van der Waals surface area contributed by atoms with Crippen LogP contribution >= 0.6 is 0 Å². The molecule has 0 aromatic carbocycles. The van der Waals surface area contributed by atoms with Crippen molar-refractivity contribution in [1.29, 1.82) is 0 Å². The molecule has 0 N–H and O–H groups in total. The Balaban J connectivity index is 0. The van der Waals surface area contributed by atoms with Crippen molar-refractivity contribution >= 4 is 0 Å². The fourth-order valence-electron chi connectivity index (χ4n) is 0.319. The van der Waals surface area contributed by atoms with E-state index in [1.165, 1.54) is 12.0 Å². The van der Waals surface area contributed by atoms with E-state index in [1.807, 2.05) is 12.2 Å². The van der Waals surface area contributed by atoms with Crippen molar-refractivity contribution in [3.63, 3.8) is 0 Å². The molecule has 0 heteroatoms. The van der Waals surface area contributed by atoms with Gasteiger partial charge in [-0.3, -0.25) is 0 Å². The third-order valence-electron chi connectivity index (χ3n) is 0.960. The third kappa shape index (κ3) is 15.6. The average Bonchev–Trinajstić information content (AvgIpc) is 1.90. The first-order valence-corrected chi connectivity index (χ1v) is 4.01. The molecule has 0 saturated heterocycles. The molecule has 60 valence electrons. The molecule has 0 nitrogen and oxygen atoms in total. The van der Waals surface area contributed by atoms with Gasteiger partial charge in [-0.2, -0.15) is 0 Å². The van der Waals surface area contributed by atoms with Crippen LogP contribution in [-0.2, 0) is 0 Å². The molecule has 0 rings (SSSR count). The standard InChI is InChI=1S/C7H12.C3H8/c1-4-6-7(3)5-2;1-3-2/h4,6H,1,5H2,2-3H3;3H2,1-2H3/b7-6+;. The second-order valence-electron chi connectivity index (χ2n) is 2.31. The van der Waals surface area contributed by atoms with Crippen molar-refractivity contribution in [2.24, 2.45) is 0 Å². The Morgan fingerprint density at radius 1 is 1.30 bits per heavy atom. The molecule has 0 aliphatic rings. The van der Waals surface area contributed by atoms with E-state index < -0.39 is 0 Å². The molecule has 0 heterocycles. The molecule has 0 amide bonds. The topological polar surface area (TPSA) is 0 Å². The number of rotatable bonds is 2. The summed E-state index contributed by atoms with van der Waals surface area (Å²) in [4.78, 5) is 0. The van der Waals surface area contributed by atoms with Crippen LogP contribution < -0.4 is 0 Å². The lowest BCUT2D eigenvalue weighted by molar-refractivity contribution is 1.09. The Kier molecular flexibility index (Phi) is 13.8. The van der Waals surface area contributed by atoms with Crippen LogP contribution in [0.4, 0.5) is 0 Å². The van der Waals surface area contributed by atoms with Gasteiger partial charge < -0.3 is 0 Å². The molecule has 0 aliphatic heterocycles. The van der Waals surface area contributed by atoms with Crippen LogP contribution in [0.25, 0.3) is 0 Å². The Hall–Kier alpha value is -0.520. The fraction of sp³-hybridized carbons (Fsp3) is 0.600. The molecule has 0 fully saturated rings. The summed E-state index contributed by atoms with van der Waals surface area (Å²) < 4.78 is 0. The molecule has 0 bridgehead atoms. The first kappa shape index (κ1) is 12.2. The monoisotopic (exact) mass is 140 g/mol. The lowest BCUT2D eigenvalue weighted by atomic mass is 10.2. The van der Waals surface area contributed by atoms with Crippen molar-refractivity contribution in [2.75, 3.05) is 0 Å². The summed E-state index contributed by atoms with van der Waals surface area (Å²) in [6, 6.07) is 0. The molecule has 0 unspecified atom stereocenters. The van der Waals surface area contributed by atoms with Crippen molar-refractivity contribution in [3.05, 3.63) is 24.3 Å². The number of hydrogen-bond donors (Lipinski definition) is 0. The van der Waals surface area contributed by atoms with E-state index in [2.05, 4.69) is 34.3 Å². The van der Waals surface area contributed by atoms with Crippen LogP contribution in [0, 0.1) is 0 Å². The number of hydrogen-bond acceptors (Lipinski definition) is 0. The number of allylic oxidation sites excluding steroid dienone is 3. The summed E-state index contributed by atoms with van der Waals surface area (Å²) in [7, 11) is 0. The van der Waals surface area contributed by atoms with E-state index in [0.717, 1.165) is 6.42 Å². The average molecular weight is 140 g/mol. The molecular formula is C10H20. The van der Waals surface area contributed by atoms with Gasteiger partial charge in [0.05, 0.1) is 0 Å². The molecule has 0 atom stereocenters. The van der Waals surface area contributed by atoms with Crippen molar-refractivity contribution < 1.29 is 0 Å². The lowest BCUT2D eigenvalue weighted by Gasteiger charge is -1.86. The quantitative estimate of drug-likeness (QED) is 0.509. The molecule has 0 radical (unpaired) electrons. The Labute approximate surface area is 65.7 Å². The fourth-order valence-corrected chi connectivity index (χ4v) is 0.319. The summed E-state index contributed by atoms with van der Waals surface area (Å²) in [5.41, 5.74) is 1.38. The molecule has 0 aromatic heterocycles. The second-order valence-corrected chi connectivity index (χ2v) is 2.31. The van der Waals surface area contributed by atoms with Crippen molar-refractivity contribution in [3.8, 4) is 0 Å². The molecule has 10 heavy (non-hydrogen) atoms. The first-order valence-electron chi connectivity index (χ1n) is 4.01. The lowest BCUT2D eigenvalue weighted by Crippen LogP contribution is -1.65. The summed E-state index contributed by atoms with van der Waals surface area (Å²) in [5, 5.41) is 0. The molecule has 0 aromatic rings. The van der Waals surface area contributed by atoms with Crippen LogP contribution in [0.1, 0.15) is 40.5 Å². The van der Waals surface area contributed by atoms with Crippen LogP contribution in [0.2, 0.25) is 0 Å². The maximum atomic E-state index is 3.57. The van der Waals surface area contributed by atoms with Crippen molar-refractivity contribution in [1.82, 2.24) is 0 Å². The maximum Gasteiger partial charge on any atom is -0.0349 e. The molecular weight excluding hydrogens is 120 g/mol. The summed E-state index contributed by atoms with van der Waals surface area (Å²) in [6.45, 7) is 12.1. The van der Waals surface area contributed by atoms with E-state index in [0.29, 0.717) is 0 Å². The van der Waals surface area contributed by atoms with Gasteiger partial charge in [-0.15, -0.1) is 0 Å². The first-order chi connectivity index (χ1) is 4.72. The van der Waals surface area contributed by atoms with Gasteiger partial charge in [0, 0.05) is 0 Å². The highest BCUT2D eigenvalue weighted by Gasteiger charge is 1.74. The predicted molar refractivity (Wildman–Crippen MR) is 50.2 cm³/mol. The molecule has 0 spiro atoms. The van der Waals surface area contributed by atoms with Crippen LogP contribution in [0.15, 0.2) is 24.3 Å². The minimum atomic E-state index is 1.13. The second kappa shape index (κ2) is 11.3. The smallest absolute Gasteiger partial charge is 0.0349 e. The molecule has 0 saturated carbocycles. The van der Waals surface area contributed by atoms with E-state index in [9.17, 15) is 0 Å². The minimum absolute atomic E-state index is 1.13. The normalized spacial score (nSPS) is 9.80. The van der Waals surface area contributed by atoms with Crippen molar-refractivity contribution in [2.45, 2.75) is 40.5 Å². The maximum absolute atomic E-state index is 3.57. The third-order valence-corrected chi connectivity index (χ3v) is 0.960. The zero-order valence-electron chi connectivity index (χ0n) is 7.78. The zero-order valence-corrected chi connectivity index (χ0v) is 7.78. The van der Waals surface area contributed by atoms with Gasteiger partial charge in [0.1, 0.15) is 0 Å². The highest BCUT2D eigenvalue weighted by molar-refractivity contribution is 5.06. The Morgan fingerprint density at radius 3 is 1.80 bits per heavy atom. The van der Waals surface area contributed by atoms with E-state index >= 15 is 0 Å². The van der Waals surface area contributed by atoms with E-state index in [1.54, 1.807) is 0 Å². The van der Waals surface area contributed by atoms with Gasteiger partial charge in [-0.05, 0) is 13.3 Å². The Morgan fingerprint density at radius 2 is 1.70 bits per heavy atom. The van der Waals surface area contributed by atoms with Gasteiger partial charge in [-0.1, -0.05) is 51.5 Å². The van der Waals surface area contributed by atoms with Gasteiger partial charge in [0.15, 0.2) is 0 Å².